The van der Waals surface area contributed by atoms with E-state index in [4.69, 9.17) is 0 Å². The van der Waals surface area contributed by atoms with Gasteiger partial charge in [-0.2, -0.15) is 0 Å². The number of hydrogen-bond donors (Lipinski definition) is 0. The Hall–Kier alpha value is -1.83. The van der Waals surface area contributed by atoms with Gasteiger partial charge in [0.25, 0.3) is 5.91 Å². The molecule has 2 aromatic rings. The molecule has 0 fully saturated rings. The van der Waals surface area contributed by atoms with Crippen molar-refractivity contribution in [3.05, 3.63) is 47.5 Å². The number of benzene rings is 2. The molecule has 0 heterocycles. The Kier molecular flexibility index (Phi) is 4.66. The number of hydrogen-bond acceptors (Lipinski definition) is 1. The van der Waals surface area contributed by atoms with Gasteiger partial charge in [-0.05, 0) is 50.5 Å². The van der Waals surface area contributed by atoms with Crippen molar-refractivity contribution in [2.75, 3.05) is 0 Å². The smallest absolute Gasteiger partial charge is 0.255 e. The van der Waals surface area contributed by atoms with Crippen LogP contribution in [0.25, 0.3) is 10.8 Å². The summed E-state index contributed by atoms with van der Waals surface area (Å²) in [6.07, 6.45) is 0.871. The van der Waals surface area contributed by atoms with Crippen LogP contribution in [0.2, 0.25) is 0 Å². The molecule has 2 nitrogen and oxygen atoms in total. The van der Waals surface area contributed by atoms with Crippen LogP contribution in [-0.2, 0) is 6.42 Å². The van der Waals surface area contributed by atoms with Gasteiger partial charge in [0.05, 0.1) is 5.56 Å². The van der Waals surface area contributed by atoms with Gasteiger partial charge in [0.1, 0.15) is 0 Å². The summed E-state index contributed by atoms with van der Waals surface area (Å²) in [5.74, 6) is 0.147. The van der Waals surface area contributed by atoms with Crippen molar-refractivity contribution in [3.8, 4) is 0 Å². The second-order valence-electron chi connectivity index (χ2n) is 6.07. The lowest BCUT2D eigenvalue weighted by Crippen LogP contribution is -2.42. The predicted molar refractivity (Wildman–Crippen MR) is 89.8 cm³/mol. The molecule has 0 aliphatic heterocycles. The number of aryl methyl sites for hydroxylation is 1. The van der Waals surface area contributed by atoms with Crippen LogP contribution in [-0.4, -0.2) is 22.9 Å². The van der Waals surface area contributed by atoms with Crippen molar-refractivity contribution in [2.45, 2.75) is 53.1 Å². The van der Waals surface area contributed by atoms with E-state index < -0.39 is 0 Å². The van der Waals surface area contributed by atoms with E-state index in [1.807, 2.05) is 17.0 Å². The number of amides is 1. The molecule has 1 amide bonds. The fourth-order valence-corrected chi connectivity index (χ4v) is 3.06. The third-order valence-corrected chi connectivity index (χ3v) is 3.96. The molecule has 112 valence electrons. The monoisotopic (exact) mass is 283 g/mol. The Balaban J connectivity index is 2.66. The maximum absolute atomic E-state index is 13.1. The fraction of sp³-hybridized carbons (Fsp3) is 0.421. The van der Waals surface area contributed by atoms with Crippen molar-refractivity contribution in [3.63, 3.8) is 0 Å². The summed E-state index contributed by atoms with van der Waals surface area (Å²) in [6.45, 7) is 10.4. The first-order chi connectivity index (χ1) is 9.97. The molecule has 0 bridgehead atoms. The average Bonchev–Trinajstić information content (AvgIpc) is 2.45. The lowest BCUT2D eigenvalue weighted by Gasteiger charge is -2.32. The Labute approximate surface area is 127 Å². The highest BCUT2D eigenvalue weighted by atomic mass is 16.2. The molecule has 0 N–H and O–H groups in total. The SMILES string of the molecule is CCc1ccc2ccccc2c1C(=O)N(C(C)C)C(C)C. The normalized spacial score (nSPS) is 11.4. The minimum atomic E-state index is 0.147. The largest absolute Gasteiger partial charge is 0.334 e. The van der Waals surface area contributed by atoms with Crippen LogP contribution >= 0.6 is 0 Å². The standard InChI is InChI=1S/C19H25NO/c1-6-15-11-12-16-9-7-8-10-17(16)18(15)19(21)20(13(2)3)14(4)5/h7-14H,6H2,1-5H3. The van der Waals surface area contributed by atoms with Crippen LogP contribution in [0.1, 0.15) is 50.5 Å². The van der Waals surface area contributed by atoms with E-state index in [1.54, 1.807) is 0 Å². The first kappa shape index (κ1) is 15.6. The molecule has 0 atom stereocenters. The van der Waals surface area contributed by atoms with E-state index >= 15 is 0 Å². The minimum absolute atomic E-state index is 0.147. The van der Waals surface area contributed by atoms with Crippen molar-refractivity contribution >= 4 is 16.7 Å². The Bertz CT molecular complexity index is 635. The summed E-state index contributed by atoms with van der Waals surface area (Å²) in [7, 11) is 0. The Morgan fingerprint density at radius 1 is 1.00 bits per heavy atom. The van der Waals surface area contributed by atoms with Gasteiger partial charge < -0.3 is 4.90 Å². The zero-order chi connectivity index (χ0) is 15.6. The van der Waals surface area contributed by atoms with Gasteiger partial charge in [-0.1, -0.05) is 43.3 Å². The van der Waals surface area contributed by atoms with Crippen LogP contribution in [0.5, 0.6) is 0 Å². The molecule has 0 saturated heterocycles. The van der Waals surface area contributed by atoms with Gasteiger partial charge in [-0.15, -0.1) is 0 Å². The van der Waals surface area contributed by atoms with Crippen molar-refractivity contribution in [2.24, 2.45) is 0 Å². The van der Waals surface area contributed by atoms with E-state index in [9.17, 15) is 4.79 Å². The van der Waals surface area contributed by atoms with E-state index in [-0.39, 0.29) is 18.0 Å². The Morgan fingerprint density at radius 2 is 1.62 bits per heavy atom. The highest BCUT2D eigenvalue weighted by Gasteiger charge is 2.24. The molecule has 0 unspecified atom stereocenters. The van der Waals surface area contributed by atoms with Crippen LogP contribution in [0, 0.1) is 0 Å². The van der Waals surface area contributed by atoms with Crippen LogP contribution in [0.3, 0.4) is 0 Å². The fourth-order valence-electron chi connectivity index (χ4n) is 3.06. The molecule has 0 radical (unpaired) electrons. The number of carbonyl (C=O) groups excluding carboxylic acids is 1. The molecule has 2 heteroatoms. The van der Waals surface area contributed by atoms with Gasteiger partial charge in [-0.25, -0.2) is 0 Å². The molecule has 21 heavy (non-hydrogen) atoms. The van der Waals surface area contributed by atoms with E-state index in [0.29, 0.717) is 0 Å². The quantitative estimate of drug-likeness (QED) is 0.799. The van der Waals surface area contributed by atoms with E-state index in [2.05, 4.69) is 58.9 Å². The summed E-state index contributed by atoms with van der Waals surface area (Å²) in [6, 6.07) is 12.7. The molecular weight excluding hydrogens is 258 g/mol. The summed E-state index contributed by atoms with van der Waals surface area (Å²) in [5, 5.41) is 2.19. The van der Waals surface area contributed by atoms with Crippen molar-refractivity contribution in [1.29, 1.82) is 0 Å². The second-order valence-corrected chi connectivity index (χ2v) is 6.07. The molecular formula is C19H25NO. The Morgan fingerprint density at radius 3 is 2.19 bits per heavy atom. The first-order valence-corrected chi connectivity index (χ1v) is 7.80. The topological polar surface area (TPSA) is 20.3 Å². The maximum Gasteiger partial charge on any atom is 0.255 e. The number of rotatable bonds is 4. The van der Waals surface area contributed by atoms with Crippen LogP contribution in [0.4, 0.5) is 0 Å². The molecule has 0 aliphatic carbocycles. The minimum Gasteiger partial charge on any atom is -0.334 e. The van der Waals surface area contributed by atoms with Gasteiger partial charge in [0, 0.05) is 12.1 Å². The van der Waals surface area contributed by atoms with Gasteiger partial charge in [0.15, 0.2) is 0 Å². The van der Waals surface area contributed by atoms with Crippen LogP contribution in [0.15, 0.2) is 36.4 Å². The maximum atomic E-state index is 13.1. The lowest BCUT2D eigenvalue weighted by atomic mass is 9.95. The first-order valence-electron chi connectivity index (χ1n) is 7.80. The highest BCUT2D eigenvalue weighted by Crippen LogP contribution is 2.26. The third-order valence-electron chi connectivity index (χ3n) is 3.96. The molecule has 2 aromatic carbocycles. The van der Waals surface area contributed by atoms with Gasteiger partial charge >= 0.3 is 0 Å². The molecule has 0 saturated carbocycles. The molecule has 0 aliphatic rings. The summed E-state index contributed by atoms with van der Waals surface area (Å²) in [5.41, 5.74) is 2.00. The number of carbonyl (C=O) groups is 1. The van der Waals surface area contributed by atoms with Crippen molar-refractivity contribution < 1.29 is 4.79 Å². The zero-order valence-corrected chi connectivity index (χ0v) is 13.7. The number of nitrogens with zero attached hydrogens (tertiary/aromatic N) is 1. The molecule has 0 spiro atoms. The zero-order valence-electron chi connectivity index (χ0n) is 13.7. The predicted octanol–water partition coefficient (Wildman–Crippen LogP) is 4.66. The highest BCUT2D eigenvalue weighted by molar-refractivity contribution is 6.08. The average molecular weight is 283 g/mol. The second kappa shape index (κ2) is 6.30. The van der Waals surface area contributed by atoms with E-state index in [0.717, 1.165) is 28.3 Å². The van der Waals surface area contributed by atoms with E-state index in [1.165, 1.54) is 0 Å². The van der Waals surface area contributed by atoms with Gasteiger partial charge in [-0.3, -0.25) is 4.79 Å². The van der Waals surface area contributed by atoms with Crippen LogP contribution < -0.4 is 0 Å². The lowest BCUT2D eigenvalue weighted by molar-refractivity contribution is 0.0645. The summed E-state index contributed by atoms with van der Waals surface area (Å²) in [4.78, 5) is 15.1. The summed E-state index contributed by atoms with van der Waals surface area (Å²) < 4.78 is 0. The number of fused-ring (bicyclic) bond motifs is 1. The molecule has 0 aromatic heterocycles. The summed E-state index contributed by atoms with van der Waals surface area (Å²) >= 11 is 0. The third kappa shape index (κ3) is 2.94. The van der Waals surface area contributed by atoms with Crippen molar-refractivity contribution in [1.82, 2.24) is 4.90 Å². The molecule has 2 rings (SSSR count). The van der Waals surface area contributed by atoms with Gasteiger partial charge in [0.2, 0.25) is 0 Å².